The third-order valence-electron chi connectivity index (χ3n) is 3.22. The number of hydrogen-bond acceptors (Lipinski definition) is 2. The first kappa shape index (κ1) is 14.1. The van der Waals surface area contributed by atoms with Gasteiger partial charge in [0.15, 0.2) is 0 Å². The monoisotopic (exact) mass is 391 g/mol. The second-order valence-electron chi connectivity index (χ2n) is 4.88. The zero-order valence-electron chi connectivity index (χ0n) is 11.5. The van der Waals surface area contributed by atoms with Crippen molar-refractivity contribution < 1.29 is 4.79 Å². The van der Waals surface area contributed by atoms with Crippen LogP contribution in [0.2, 0.25) is 0 Å². The average molecular weight is 391 g/mol. The van der Waals surface area contributed by atoms with Gasteiger partial charge in [-0.05, 0) is 65.4 Å². The van der Waals surface area contributed by atoms with E-state index in [2.05, 4.69) is 32.9 Å². The van der Waals surface area contributed by atoms with Crippen LogP contribution in [0.5, 0.6) is 0 Å². The van der Waals surface area contributed by atoms with E-state index in [4.69, 9.17) is 0 Å². The Hall–Kier alpha value is -1.89. The van der Waals surface area contributed by atoms with Crippen LogP contribution in [0.1, 0.15) is 11.3 Å². The lowest BCUT2D eigenvalue weighted by atomic mass is 10.2. The van der Waals surface area contributed by atoms with Crippen LogP contribution in [0.25, 0.3) is 5.65 Å². The Bertz CT molecular complexity index is 777. The minimum Gasteiger partial charge on any atom is -0.326 e. The molecule has 0 bridgehead atoms. The van der Waals surface area contributed by atoms with Gasteiger partial charge in [0, 0.05) is 21.7 Å². The van der Waals surface area contributed by atoms with Gasteiger partial charge in [-0.15, -0.1) is 0 Å². The van der Waals surface area contributed by atoms with Crippen LogP contribution in [0.15, 0.2) is 48.8 Å². The fourth-order valence-electron chi connectivity index (χ4n) is 2.20. The van der Waals surface area contributed by atoms with Gasteiger partial charge in [0.2, 0.25) is 5.91 Å². The van der Waals surface area contributed by atoms with Crippen molar-refractivity contribution >= 4 is 39.8 Å². The van der Waals surface area contributed by atoms with Crippen molar-refractivity contribution in [2.45, 2.75) is 13.3 Å². The molecule has 1 N–H and O–H groups in total. The maximum absolute atomic E-state index is 12.1. The van der Waals surface area contributed by atoms with E-state index in [-0.39, 0.29) is 12.3 Å². The van der Waals surface area contributed by atoms with Crippen molar-refractivity contribution in [3.63, 3.8) is 0 Å². The standard InChI is InChI=1S/C16H14IN3O/c1-11-8-12(17)5-6-14(11)19-16(21)9-13-10-20-7-3-2-4-15(20)18-13/h2-8,10H,9H2,1H3,(H,19,21). The first-order valence-electron chi connectivity index (χ1n) is 6.60. The number of carbonyl (C=O) groups excluding carboxylic acids is 1. The summed E-state index contributed by atoms with van der Waals surface area (Å²) >= 11 is 2.26. The average Bonchev–Trinajstić information content (AvgIpc) is 2.84. The maximum atomic E-state index is 12.1. The van der Waals surface area contributed by atoms with E-state index in [1.165, 1.54) is 0 Å². The molecule has 0 fully saturated rings. The summed E-state index contributed by atoms with van der Waals surface area (Å²) in [5, 5.41) is 2.94. The van der Waals surface area contributed by atoms with Crippen molar-refractivity contribution in [1.82, 2.24) is 9.38 Å². The quantitative estimate of drug-likeness (QED) is 0.696. The number of nitrogens with one attached hydrogen (secondary N) is 1. The molecule has 21 heavy (non-hydrogen) atoms. The Morgan fingerprint density at radius 3 is 2.95 bits per heavy atom. The van der Waals surface area contributed by atoms with Gasteiger partial charge in [0.05, 0.1) is 12.1 Å². The van der Waals surface area contributed by atoms with E-state index in [9.17, 15) is 4.79 Å². The molecule has 4 nitrogen and oxygen atoms in total. The van der Waals surface area contributed by atoms with Gasteiger partial charge in [0.1, 0.15) is 5.65 Å². The Morgan fingerprint density at radius 2 is 2.19 bits per heavy atom. The van der Waals surface area contributed by atoms with Crippen LogP contribution in [-0.4, -0.2) is 15.3 Å². The lowest BCUT2D eigenvalue weighted by Gasteiger charge is -2.07. The molecule has 0 saturated carbocycles. The molecular formula is C16H14IN3O. The number of aromatic nitrogens is 2. The Morgan fingerprint density at radius 1 is 1.33 bits per heavy atom. The van der Waals surface area contributed by atoms with Crippen LogP contribution >= 0.6 is 22.6 Å². The molecule has 2 heterocycles. The third kappa shape index (κ3) is 3.24. The second-order valence-corrected chi connectivity index (χ2v) is 6.13. The largest absolute Gasteiger partial charge is 0.326 e. The van der Waals surface area contributed by atoms with Gasteiger partial charge in [-0.25, -0.2) is 4.98 Å². The zero-order valence-corrected chi connectivity index (χ0v) is 13.7. The fourth-order valence-corrected chi connectivity index (χ4v) is 2.85. The molecule has 0 unspecified atom stereocenters. The summed E-state index contributed by atoms with van der Waals surface area (Å²) in [7, 11) is 0. The number of imidazole rings is 1. The van der Waals surface area contributed by atoms with Gasteiger partial charge in [-0.2, -0.15) is 0 Å². The van der Waals surface area contributed by atoms with Crippen LogP contribution in [-0.2, 0) is 11.2 Å². The van der Waals surface area contributed by atoms with Gasteiger partial charge in [0.25, 0.3) is 0 Å². The van der Waals surface area contributed by atoms with E-state index < -0.39 is 0 Å². The zero-order chi connectivity index (χ0) is 14.8. The summed E-state index contributed by atoms with van der Waals surface area (Å²) in [6.45, 7) is 1.99. The third-order valence-corrected chi connectivity index (χ3v) is 3.89. The first-order valence-corrected chi connectivity index (χ1v) is 7.68. The predicted molar refractivity (Wildman–Crippen MR) is 91.4 cm³/mol. The highest BCUT2D eigenvalue weighted by atomic mass is 127. The normalized spacial score (nSPS) is 10.8. The molecule has 0 saturated heterocycles. The lowest BCUT2D eigenvalue weighted by Crippen LogP contribution is -2.15. The predicted octanol–water partition coefficient (Wildman–Crippen LogP) is 3.43. The smallest absolute Gasteiger partial charge is 0.230 e. The number of halogens is 1. The Balaban J connectivity index is 1.74. The fraction of sp³-hybridized carbons (Fsp3) is 0.125. The Labute approximate surface area is 136 Å². The molecule has 3 aromatic rings. The second kappa shape index (κ2) is 5.85. The number of nitrogens with zero attached hydrogens (tertiary/aromatic N) is 2. The molecule has 1 amide bonds. The number of fused-ring (bicyclic) bond motifs is 1. The first-order chi connectivity index (χ1) is 10.1. The highest BCUT2D eigenvalue weighted by Crippen LogP contribution is 2.18. The number of aryl methyl sites for hydroxylation is 1. The summed E-state index contributed by atoms with van der Waals surface area (Å²) in [5.41, 5.74) is 3.53. The van der Waals surface area contributed by atoms with Crippen molar-refractivity contribution in [1.29, 1.82) is 0 Å². The highest BCUT2D eigenvalue weighted by Gasteiger charge is 2.09. The topological polar surface area (TPSA) is 46.4 Å². The summed E-state index contributed by atoms with van der Waals surface area (Å²) in [4.78, 5) is 16.6. The van der Waals surface area contributed by atoms with Crippen LogP contribution in [0.3, 0.4) is 0 Å². The van der Waals surface area contributed by atoms with E-state index in [0.29, 0.717) is 0 Å². The number of amides is 1. The molecule has 0 radical (unpaired) electrons. The molecule has 1 aromatic carbocycles. The molecule has 0 aliphatic rings. The molecule has 5 heteroatoms. The summed E-state index contributed by atoms with van der Waals surface area (Å²) in [5.74, 6) is -0.0530. The van der Waals surface area contributed by atoms with E-state index >= 15 is 0 Å². The van der Waals surface area contributed by atoms with Gasteiger partial charge in [-0.1, -0.05) is 6.07 Å². The minimum absolute atomic E-state index is 0.0530. The van der Waals surface area contributed by atoms with Gasteiger partial charge in [-0.3, -0.25) is 4.79 Å². The van der Waals surface area contributed by atoms with E-state index in [0.717, 1.165) is 26.2 Å². The number of benzene rings is 1. The molecule has 0 atom stereocenters. The van der Waals surface area contributed by atoms with Crippen molar-refractivity contribution in [3.8, 4) is 0 Å². The molecular weight excluding hydrogens is 377 g/mol. The SMILES string of the molecule is Cc1cc(I)ccc1NC(=O)Cc1cn2ccccc2n1. The lowest BCUT2D eigenvalue weighted by molar-refractivity contribution is -0.115. The molecule has 2 aromatic heterocycles. The number of hydrogen-bond donors (Lipinski definition) is 1. The highest BCUT2D eigenvalue weighted by molar-refractivity contribution is 14.1. The minimum atomic E-state index is -0.0530. The molecule has 0 aliphatic heterocycles. The van der Waals surface area contributed by atoms with Crippen molar-refractivity contribution in [2.24, 2.45) is 0 Å². The van der Waals surface area contributed by atoms with Crippen LogP contribution in [0.4, 0.5) is 5.69 Å². The number of carbonyl (C=O) groups is 1. The molecule has 106 valence electrons. The Kier molecular flexibility index (Phi) is 3.92. The maximum Gasteiger partial charge on any atom is 0.230 e. The summed E-state index contributed by atoms with van der Waals surface area (Å²) in [6, 6.07) is 11.7. The summed E-state index contributed by atoms with van der Waals surface area (Å²) < 4.78 is 3.07. The van der Waals surface area contributed by atoms with Crippen LogP contribution in [0, 0.1) is 10.5 Å². The molecule has 3 rings (SSSR count). The van der Waals surface area contributed by atoms with Crippen LogP contribution < -0.4 is 5.32 Å². The van der Waals surface area contributed by atoms with Crippen molar-refractivity contribution in [2.75, 3.05) is 5.32 Å². The van der Waals surface area contributed by atoms with Gasteiger partial charge >= 0.3 is 0 Å². The summed E-state index contributed by atoms with van der Waals surface area (Å²) in [6.07, 6.45) is 4.08. The molecule has 0 spiro atoms. The molecule has 0 aliphatic carbocycles. The number of anilines is 1. The van der Waals surface area contributed by atoms with Gasteiger partial charge < -0.3 is 9.72 Å². The number of rotatable bonds is 3. The van der Waals surface area contributed by atoms with Crippen molar-refractivity contribution in [3.05, 3.63) is 63.6 Å². The van der Waals surface area contributed by atoms with E-state index in [1.54, 1.807) is 0 Å². The van der Waals surface area contributed by atoms with E-state index in [1.807, 2.05) is 60.1 Å². The number of pyridine rings is 1.